The lowest BCUT2D eigenvalue weighted by Crippen LogP contribution is -2.27. The van der Waals surface area contributed by atoms with Crippen LogP contribution in [0.1, 0.15) is 21.6 Å². The van der Waals surface area contributed by atoms with Gasteiger partial charge in [0.25, 0.3) is 5.91 Å². The maximum atomic E-state index is 12.3. The predicted octanol–water partition coefficient (Wildman–Crippen LogP) is 2.71. The van der Waals surface area contributed by atoms with Crippen molar-refractivity contribution in [3.63, 3.8) is 0 Å². The van der Waals surface area contributed by atoms with E-state index in [4.69, 9.17) is 11.6 Å². The van der Waals surface area contributed by atoms with E-state index in [2.05, 4.69) is 9.97 Å². The molecule has 2 aromatic rings. The number of carbonyl (C=O) groups is 1. The van der Waals surface area contributed by atoms with Gasteiger partial charge in [0.15, 0.2) is 0 Å². The monoisotopic (exact) mass is 275 g/mol. The molecule has 0 aliphatic carbocycles. The number of rotatable bonds is 3. The highest BCUT2D eigenvalue weighted by Gasteiger charge is 2.15. The van der Waals surface area contributed by atoms with E-state index in [-0.39, 0.29) is 5.91 Å². The molecule has 0 bridgehead atoms. The SMILES string of the molecule is Cc1c(Cl)cccc1C(=O)N(C)Cc1cnccn1. The first-order valence-electron chi connectivity index (χ1n) is 5.85. The van der Waals surface area contributed by atoms with Gasteiger partial charge in [-0.15, -0.1) is 0 Å². The Bertz CT molecular complexity index is 586. The second kappa shape index (κ2) is 5.80. The molecule has 0 N–H and O–H groups in total. The Balaban J connectivity index is 2.18. The quantitative estimate of drug-likeness (QED) is 0.865. The van der Waals surface area contributed by atoms with Crippen LogP contribution in [-0.2, 0) is 6.54 Å². The lowest BCUT2D eigenvalue weighted by Gasteiger charge is -2.18. The molecule has 0 spiro atoms. The third-order valence-electron chi connectivity index (χ3n) is 2.86. The molecule has 4 nitrogen and oxygen atoms in total. The molecule has 0 radical (unpaired) electrons. The van der Waals surface area contributed by atoms with Gasteiger partial charge < -0.3 is 4.90 Å². The number of nitrogens with zero attached hydrogens (tertiary/aromatic N) is 3. The van der Waals surface area contributed by atoms with Gasteiger partial charge >= 0.3 is 0 Å². The van der Waals surface area contributed by atoms with Crippen molar-refractivity contribution in [2.75, 3.05) is 7.05 Å². The average Bonchev–Trinajstić information content (AvgIpc) is 2.42. The van der Waals surface area contributed by atoms with Crippen molar-refractivity contribution in [1.82, 2.24) is 14.9 Å². The van der Waals surface area contributed by atoms with Gasteiger partial charge in [0, 0.05) is 30.0 Å². The van der Waals surface area contributed by atoms with Crippen LogP contribution < -0.4 is 0 Å². The van der Waals surface area contributed by atoms with Crippen molar-refractivity contribution < 1.29 is 4.79 Å². The zero-order valence-electron chi connectivity index (χ0n) is 10.8. The molecule has 0 saturated carbocycles. The van der Waals surface area contributed by atoms with E-state index < -0.39 is 0 Å². The molecule has 98 valence electrons. The number of carbonyl (C=O) groups excluding carboxylic acids is 1. The minimum absolute atomic E-state index is 0.0781. The summed E-state index contributed by atoms with van der Waals surface area (Å²) in [7, 11) is 1.73. The molecular weight excluding hydrogens is 262 g/mol. The minimum atomic E-state index is -0.0781. The van der Waals surface area contributed by atoms with Crippen LogP contribution in [0.5, 0.6) is 0 Å². The molecule has 0 fully saturated rings. The standard InChI is InChI=1S/C14H14ClN3O/c1-10-12(4-3-5-13(10)15)14(19)18(2)9-11-8-16-6-7-17-11/h3-8H,9H2,1-2H3. The number of hydrogen-bond donors (Lipinski definition) is 0. The Hall–Kier alpha value is -1.94. The van der Waals surface area contributed by atoms with E-state index >= 15 is 0 Å². The molecule has 0 aliphatic rings. The molecule has 19 heavy (non-hydrogen) atoms. The van der Waals surface area contributed by atoms with Crippen LogP contribution in [0.25, 0.3) is 0 Å². The van der Waals surface area contributed by atoms with Crippen molar-refractivity contribution in [3.05, 3.63) is 58.6 Å². The summed E-state index contributed by atoms with van der Waals surface area (Å²) in [6.45, 7) is 2.25. The molecule has 0 atom stereocenters. The lowest BCUT2D eigenvalue weighted by atomic mass is 10.1. The Kier molecular flexibility index (Phi) is 4.12. The van der Waals surface area contributed by atoms with Crippen molar-refractivity contribution >= 4 is 17.5 Å². The summed E-state index contributed by atoms with van der Waals surface area (Å²) in [5.74, 6) is -0.0781. The van der Waals surface area contributed by atoms with Gasteiger partial charge in [-0.2, -0.15) is 0 Å². The minimum Gasteiger partial charge on any atom is -0.336 e. The van der Waals surface area contributed by atoms with Gasteiger partial charge in [-0.3, -0.25) is 14.8 Å². The summed E-state index contributed by atoms with van der Waals surface area (Å²) in [6, 6.07) is 5.33. The molecule has 0 aliphatic heterocycles. The van der Waals surface area contributed by atoms with Crippen LogP contribution in [0.2, 0.25) is 5.02 Å². The van der Waals surface area contributed by atoms with Gasteiger partial charge in [0.2, 0.25) is 0 Å². The zero-order chi connectivity index (χ0) is 13.8. The molecular formula is C14H14ClN3O. The first kappa shape index (κ1) is 13.5. The largest absolute Gasteiger partial charge is 0.336 e. The van der Waals surface area contributed by atoms with Gasteiger partial charge in [-0.1, -0.05) is 17.7 Å². The first-order valence-corrected chi connectivity index (χ1v) is 6.23. The normalized spacial score (nSPS) is 10.3. The second-order valence-corrected chi connectivity index (χ2v) is 4.68. The Labute approximate surface area is 117 Å². The number of amides is 1. The molecule has 0 unspecified atom stereocenters. The van der Waals surface area contributed by atoms with Crippen LogP contribution in [0.3, 0.4) is 0 Å². The molecule has 2 rings (SSSR count). The molecule has 5 heteroatoms. The van der Waals surface area contributed by atoms with Gasteiger partial charge in [0.05, 0.1) is 18.4 Å². The Morgan fingerprint density at radius 3 is 2.84 bits per heavy atom. The Morgan fingerprint density at radius 2 is 2.16 bits per heavy atom. The van der Waals surface area contributed by atoms with Crippen LogP contribution in [0, 0.1) is 6.92 Å². The van der Waals surface area contributed by atoms with E-state index in [0.29, 0.717) is 17.1 Å². The third-order valence-corrected chi connectivity index (χ3v) is 3.27. The van der Waals surface area contributed by atoms with Crippen molar-refractivity contribution in [2.45, 2.75) is 13.5 Å². The fourth-order valence-corrected chi connectivity index (χ4v) is 1.95. The zero-order valence-corrected chi connectivity index (χ0v) is 11.6. The van der Waals surface area contributed by atoms with E-state index in [9.17, 15) is 4.79 Å². The summed E-state index contributed by atoms with van der Waals surface area (Å²) in [6.07, 6.45) is 4.86. The Morgan fingerprint density at radius 1 is 1.37 bits per heavy atom. The highest BCUT2D eigenvalue weighted by Crippen LogP contribution is 2.20. The first-order chi connectivity index (χ1) is 9.09. The maximum Gasteiger partial charge on any atom is 0.254 e. The van der Waals surface area contributed by atoms with Gasteiger partial charge in [-0.05, 0) is 24.6 Å². The molecule has 0 saturated heterocycles. The van der Waals surface area contributed by atoms with E-state index in [1.165, 1.54) is 0 Å². The van der Waals surface area contributed by atoms with E-state index in [1.807, 2.05) is 6.92 Å². The van der Waals surface area contributed by atoms with Crippen molar-refractivity contribution in [2.24, 2.45) is 0 Å². The van der Waals surface area contributed by atoms with Crippen molar-refractivity contribution in [1.29, 1.82) is 0 Å². The summed E-state index contributed by atoms with van der Waals surface area (Å²) in [5, 5.41) is 0.596. The average molecular weight is 276 g/mol. The molecule has 1 amide bonds. The van der Waals surface area contributed by atoms with Gasteiger partial charge in [-0.25, -0.2) is 0 Å². The fraction of sp³-hybridized carbons (Fsp3) is 0.214. The highest BCUT2D eigenvalue weighted by molar-refractivity contribution is 6.31. The summed E-state index contributed by atoms with van der Waals surface area (Å²) in [4.78, 5) is 22.1. The maximum absolute atomic E-state index is 12.3. The van der Waals surface area contributed by atoms with Crippen LogP contribution in [-0.4, -0.2) is 27.8 Å². The molecule has 1 heterocycles. The molecule has 1 aromatic carbocycles. The second-order valence-electron chi connectivity index (χ2n) is 4.27. The summed E-state index contributed by atoms with van der Waals surface area (Å²) in [5.41, 5.74) is 2.15. The predicted molar refractivity (Wildman–Crippen MR) is 74.0 cm³/mol. The molecule has 1 aromatic heterocycles. The van der Waals surface area contributed by atoms with E-state index in [0.717, 1.165) is 11.3 Å². The smallest absolute Gasteiger partial charge is 0.254 e. The number of aromatic nitrogens is 2. The number of halogens is 1. The fourth-order valence-electron chi connectivity index (χ4n) is 1.77. The van der Waals surface area contributed by atoms with Gasteiger partial charge in [0.1, 0.15) is 0 Å². The van der Waals surface area contributed by atoms with Crippen molar-refractivity contribution in [3.8, 4) is 0 Å². The lowest BCUT2D eigenvalue weighted by molar-refractivity contribution is 0.0782. The van der Waals surface area contributed by atoms with Crippen LogP contribution >= 0.6 is 11.6 Å². The topological polar surface area (TPSA) is 46.1 Å². The number of hydrogen-bond acceptors (Lipinski definition) is 3. The van der Waals surface area contributed by atoms with E-state index in [1.54, 1.807) is 48.7 Å². The number of benzene rings is 1. The van der Waals surface area contributed by atoms with Crippen LogP contribution in [0.15, 0.2) is 36.8 Å². The summed E-state index contributed by atoms with van der Waals surface area (Å²) < 4.78 is 0. The van der Waals surface area contributed by atoms with Crippen LogP contribution in [0.4, 0.5) is 0 Å². The summed E-state index contributed by atoms with van der Waals surface area (Å²) >= 11 is 6.03. The third kappa shape index (κ3) is 3.09. The highest BCUT2D eigenvalue weighted by atomic mass is 35.5.